The SMILES string of the molecule is CCOc1ccc(/C=N/NC(=O)Cc2ccccc2)cc1OCC. The van der Waals surface area contributed by atoms with Crippen LogP contribution >= 0.6 is 0 Å². The first-order valence-electron chi connectivity index (χ1n) is 7.98. The molecule has 0 spiro atoms. The molecule has 0 fully saturated rings. The predicted molar refractivity (Wildman–Crippen MR) is 94.7 cm³/mol. The van der Waals surface area contributed by atoms with Gasteiger partial charge in [0.25, 0.3) is 0 Å². The zero-order valence-electron chi connectivity index (χ0n) is 14.0. The van der Waals surface area contributed by atoms with Crippen LogP contribution in [0.15, 0.2) is 53.6 Å². The summed E-state index contributed by atoms with van der Waals surface area (Å²) in [7, 11) is 0. The molecule has 0 unspecified atom stereocenters. The van der Waals surface area contributed by atoms with Gasteiger partial charge in [-0.1, -0.05) is 30.3 Å². The first-order chi connectivity index (χ1) is 11.7. The Bertz CT molecular complexity index is 684. The van der Waals surface area contributed by atoms with Crippen LogP contribution in [0.4, 0.5) is 0 Å². The van der Waals surface area contributed by atoms with Crippen LogP contribution in [0.25, 0.3) is 0 Å². The van der Waals surface area contributed by atoms with Crippen molar-refractivity contribution in [1.29, 1.82) is 0 Å². The average Bonchev–Trinajstić information content (AvgIpc) is 2.58. The fourth-order valence-electron chi connectivity index (χ4n) is 2.15. The summed E-state index contributed by atoms with van der Waals surface area (Å²) < 4.78 is 11.1. The molecule has 1 N–H and O–H groups in total. The van der Waals surface area contributed by atoms with E-state index in [1.54, 1.807) is 6.21 Å². The summed E-state index contributed by atoms with van der Waals surface area (Å²) in [5.74, 6) is 1.21. The molecule has 2 rings (SSSR count). The Hall–Kier alpha value is -2.82. The van der Waals surface area contributed by atoms with Crippen molar-refractivity contribution in [2.75, 3.05) is 13.2 Å². The van der Waals surface area contributed by atoms with Gasteiger partial charge in [0.1, 0.15) is 0 Å². The maximum Gasteiger partial charge on any atom is 0.244 e. The van der Waals surface area contributed by atoms with Crippen molar-refractivity contribution < 1.29 is 14.3 Å². The maximum atomic E-state index is 11.8. The lowest BCUT2D eigenvalue weighted by molar-refractivity contribution is -0.120. The van der Waals surface area contributed by atoms with E-state index in [2.05, 4.69) is 10.5 Å². The summed E-state index contributed by atoms with van der Waals surface area (Å²) in [6.45, 7) is 4.96. The molecular formula is C19H22N2O3. The fraction of sp³-hybridized carbons (Fsp3) is 0.263. The Morgan fingerprint density at radius 1 is 1.04 bits per heavy atom. The Labute approximate surface area is 142 Å². The summed E-state index contributed by atoms with van der Waals surface area (Å²) in [6.07, 6.45) is 1.88. The van der Waals surface area contributed by atoms with E-state index >= 15 is 0 Å². The van der Waals surface area contributed by atoms with Crippen LogP contribution in [0.2, 0.25) is 0 Å². The smallest absolute Gasteiger partial charge is 0.244 e. The molecular weight excluding hydrogens is 304 g/mol. The maximum absolute atomic E-state index is 11.8. The van der Waals surface area contributed by atoms with E-state index in [0.717, 1.165) is 11.1 Å². The van der Waals surface area contributed by atoms with Crippen molar-refractivity contribution in [3.63, 3.8) is 0 Å². The molecule has 0 saturated heterocycles. The van der Waals surface area contributed by atoms with Crippen LogP contribution in [0.5, 0.6) is 11.5 Å². The Morgan fingerprint density at radius 3 is 2.46 bits per heavy atom. The summed E-state index contributed by atoms with van der Waals surface area (Å²) in [6, 6.07) is 15.1. The lowest BCUT2D eigenvalue weighted by atomic mass is 10.1. The topological polar surface area (TPSA) is 59.9 Å². The van der Waals surface area contributed by atoms with Crippen molar-refractivity contribution in [2.24, 2.45) is 5.10 Å². The van der Waals surface area contributed by atoms with Gasteiger partial charge in [0.2, 0.25) is 5.91 Å². The monoisotopic (exact) mass is 326 g/mol. The zero-order chi connectivity index (χ0) is 17.2. The highest BCUT2D eigenvalue weighted by Gasteiger charge is 2.05. The van der Waals surface area contributed by atoms with Crippen molar-refractivity contribution in [1.82, 2.24) is 5.43 Å². The largest absolute Gasteiger partial charge is 0.490 e. The van der Waals surface area contributed by atoms with E-state index in [4.69, 9.17) is 9.47 Å². The molecule has 0 atom stereocenters. The third kappa shape index (κ3) is 5.43. The molecule has 5 nitrogen and oxygen atoms in total. The molecule has 2 aromatic rings. The van der Waals surface area contributed by atoms with E-state index in [0.29, 0.717) is 31.1 Å². The number of carbonyl (C=O) groups is 1. The normalized spacial score (nSPS) is 10.6. The standard InChI is InChI=1S/C19H22N2O3/c1-3-23-17-11-10-16(12-18(17)24-4-2)14-20-21-19(22)13-15-8-6-5-7-9-15/h5-12,14H,3-4,13H2,1-2H3,(H,21,22)/b20-14+. The lowest BCUT2D eigenvalue weighted by Crippen LogP contribution is -2.19. The fourth-order valence-corrected chi connectivity index (χ4v) is 2.15. The second-order valence-electron chi connectivity index (χ2n) is 5.03. The summed E-state index contributed by atoms with van der Waals surface area (Å²) in [4.78, 5) is 11.8. The molecule has 126 valence electrons. The lowest BCUT2D eigenvalue weighted by Gasteiger charge is -2.11. The van der Waals surface area contributed by atoms with Gasteiger partial charge in [0, 0.05) is 0 Å². The van der Waals surface area contributed by atoms with Crippen LogP contribution in [0.1, 0.15) is 25.0 Å². The van der Waals surface area contributed by atoms with E-state index in [1.807, 2.05) is 62.4 Å². The average molecular weight is 326 g/mol. The molecule has 5 heteroatoms. The highest BCUT2D eigenvalue weighted by atomic mass is 16.5. The number of nitrogens with one attached hydrogen (secondary N) is 1. The number of amides is 1. The van der Waals surface area contributed by atoms with Gasteiger partial charge >= 0.3 is 0 Å². The van der Waals surface area contributed by atoms with E-state index in [-0.39, 0.29) is 5.91 Å². The van der Waals surface area contributed by atoms with Crippen LogP contribution in [0, 0.1) is 0 Å². The van der Waals surface area contributed by atoms with Crippen LogP contribution in [-0.2, 0) is 11.2 Å². The molecule has 24 heavy (non-hydrogen) atoms. The second kappa shape index (κ2) is 9.35. The number of hydrazone groups is 1. The van der Waals surface area contributed by atoms with Gasteiger partial charge in [-0.15, -0.1) is 0 Å². The van der Waals surface area contributed by atoms with Crippen LogP contribution < -0.4 is 14.9 Å². The molecule has 0 bridgehead atoms. The minimum Gasteiger partial charge on any atom is -0.490 e. The number of hydrogen-bond acceptors (Lipinski definition) is 4. The molecule has 0 aromatic heterocycles. The number of carbonyl (C=O) groups excluding carboxylic acids is 1. The molecule has 1 amide bonds. The van der Waals surface area contributed by atoms with Gasteiger partial charge in [-0.25, -0.2) is 5.43 Å². The predicted octanol–water partition coefficient (Wildman–Crippen LogP) is 3.18. The Morgan fingerprint density at radius 2 is 1.75 bits per heavy atom. The number of hydrogen-bond donors (Lipinski definition) is 1. The van der Waals surface area contributed by atoms with Crippen molar-refractivity contribution >= 4 is 12.1 Å². The second-order valence-corrected chi connectivity index (χ2v) is 5.03. The van der Waals surface area contributed by atoms with E-state index < -0.39 is 0 Å². The van der Waals surface area contributed by atoms with Gasteiger partial charge in [-0.05, 0) is 43.2 Å². The summed E-state index contributed by atoms with van der Waals surface area (Å²) in [5, 5.41) is 3.99. The van der Waals surface area contributed by atoms with Gasteiger partial charge in [-0.2, -0.15) is 5.10 Å². The van der Waals surface area contributed by atoms with Crippen molar-refractivity contribution in [2.45, 2.75) is 20.3 Å². The molecule has 0 radical (unpaired) electrons. The third-order valence-corrected chi connectivity index (χ3v) is 3.18. The number of rotatable bonds is 8. The first kappa shape index (κ1) is 17.5. The molecule has 0 heterocycles. The zero-order valence-corrected chi connectivity index (χ0v) is 14.0. The van der Waals surface area contributed by atoms with Crippen LogP contribution in [0.3, 0.4) is 0 Å². The minimum absolute atomic E-state index is 0.159. The van der Waals surface area contributed by atoms with Gasteiger partial charge in [0.15, 0.2) is 11.5 Å². The molecule has 0 aliphatic carbocycles. The molecule has 2 aromatic carbocycles. The van der Waals surface area contributed by atoms with E-state index in [1.165, 1.54) is 0 Å². The first-order valence-corrected chi connectivity index (χ1v) is 7.98. The summed E-state index contributed by atoms with van der Waals surface area (Å²) >= 11 is 0. The van der Waals surface area contributed by atoms with Gasteiger partial charge in [-0.3, -0.25) is 4.79 Å². The Kier molecular flexibility index (Phi) is 6.83. The highest BCUT2D eigenvalue weighted by Crippen LogP contribution is 2.27. The van der Waals surface area contributed by atoms with Crippen LogP contribution in [-0.4, -0.2) is 25.3 Å². The quantitative estimate of drug-likeness (QED) is 0.599. The van der Waals surface area contributed by atoms with Gasteiger partial charge < -0.3 is 9.47 Å². The molecule has 0 aliphatic heterocycles. The minimum atomic E-state index is -0.159. The number of ether oxygens (including phenoxy) is 2. The Balaban J connectivity index is 1.95. The highest BCUT2D eigenvalue weighted by molar-refractivity contribution is 5.84. The summed E-state index contributed by atoms with van der Waals surface area (Å²) in [5.41, 5.74) is 4.30. The van der Waals surface area contributed by atoms with Crippen molar-refractivity contribution in [3.8, 4) is 11.5 Å². The number of benzene rings is 2. The molecule has 0 aliphatic rings. The van der Waals surface area contributed by atoms with Crippen molar-refractivity contribution in [3.05, 3.63) is 59.7 Å². The third-order valence-electron chi connectivity index (χ3n) is 3.18. The van der Waals surface area contributed by atoms with Gasteiger partial charge in [0.05, 0.1) is 25.8 Å². The van der Waals surface area contributed by atoms with E-state index in [9.17, 15) is 4.79 Å². The number of nitrogens with zero attached hydrogens (tertiary/aromatic N) is 1. The molecule has 0 saturated carbocycles.